The first-order chi connectivity index (χ1) is 17.3. The van der Waals surface area contributed by atoms with Crippen LogP contribution in [0, 0.1) is 11.2 Å². The molecule has 0 saturated heterocycles. The Balaban J connectivity index is 1.97. The van der Waals surface area contributed by atoms with Crippen molar-refractivity contribution in [3.8, 4) is 22.7 Å². The summed E-state index contributed by atoms with van der Waals surface area (Å²) in [6, 6.07) is 9.19. The Morgan fingerprint density at radius 1 is 0.784 bits per heavy atom. The highest BCUT2D eigenvalue weighted by molar-refractivity contribution is 7.91. The monoisotopic (exact) mass is 552 g/mol. The van der Waals surface area contributed by atoms with Crippen LogP contribution in [0.25, 0.3) is 0 Å². The Hall–Kier alpha value is -3.93. The highest BCUT2D eigenvalue weighted by Gasteiger charge is 2.39. The van der Waals surface area contributed by atoms with E-state index in [2.05, 4.69) is 19.4 Å². The fraction of sp³-hybridized carbons (Fsp3) is 0.273. The molecule has 0 fully saturated rings. The van der Waals surface area contributed by atoms with E-state index in [-0.39, 0.29) is 30.3 Å². The van der Waals surface area contributed by atoms with Crippen molar-refractivity contribution in [3.63, 3.8) is 0 Å². The fourth-order valence-corrected chi connectivity index (χ4v) is 3.05. The van der Waals surface area contributed by atoms with Gasteiger partial charge in [-0.2, -0.15) is 34.8 Å². The number of alkyl halides is 6. The molecule has 0 heterocycles. The number of halogens is 6. The van der Waals surface area contributed by atoms with Crippen LogP contribution in [-0.2, 0) is 19.2 Å². The van der Waals surface area contributed by atoms with Gasteiger partial charge in [-0.3, -0.25) is 4.28 Å². The molecule has 2 aromatic rings. The minimum absolute atomic E-state index is 0.0428. The van der Waals surface area contributed by atoms with Gasteiger partial charge >= 0.3 is 22.5 Å². The van der Waals surface area contributed by atoms with Crippen molar-refractivity contribution >= 4 is 21.5 Å². The van der Waals surface area contributed by atoms with Gasteiger partial charge in [0.2, 0.25) is 0 Å². The molecule has 0 saturated carbocycles. The smallest absolute Gasteiger partial charge is 0.437 e. The Kier molecular flexibility index (Phi) is 9.78. The highest BCUT2D eigenvalue weighted by atomic mass is 32.2. The topological polar surface area (TPSA) is 95.8 Å². The van der Waals surface area contributed by atoms with Crippen molar-refractivity contribution in [2.24, 2.45) is 10.3 Å². The number of benzene rings is 2. The molecule has 0 aliphatic rings. The third kappa shape index (κ3) is 9.22. The molecule has 0 aliphatic heterocycles. The molecule has 0 radical (unpaired) electrons. The lowest BCUT2D eigenvalue weighted by atomic mass is 10.1. The van der Waals surface area contributed by atoms with E-state index < -0.39 is 39.5 Å². The van der Waals surface area contributed by atoms with Gasteiger partial charge in [0.15, 0.2) is 11.4 Å². The maximum absolute atomic E-state index is 13.3. The average Bonchev–Trinajstić information content (AvgIpc) is 2.80. The van der Waals surface area contributed by atoms with E-state index in [4.69, 9.17) is 9.47 Å². The van der Waals surface area contributed by atoms with Crippen LogP contribution < -0.4 is 9.47 Å². The van der Waals surface area contributed by atoms with Crippen molar-refractivity contribution in [2.75, 3.05) is 20.3 Å². The van der Waals surface area contributed by atoms with E-state index in [9.17, 15) is 34.8 Å². The molecular formula is C22H18F6N2O6S. The first kappa shape index (κ1) is 29.3. The Morgan fingerprint density at radius 2 is 1.19 bits per heavy atom. The molecule has 0 bridgehead atoms. The summed E-state index contributed by atoms with van der Waals surface area (Å²) in [5.41, 5.74) is -3.54. The predicted octanol–water partition coefficient (Wildman–Crippen LogP) is 4.65. The molecule has 0 aliphatic carbocycles. The molecule has 0 aromatic heterocycles. The molecule has 0 N–H and O–H groups in total. The minimum Gasteiger partial charge on any atom is -0.490 e. The van der Waals surface area contributed by atoms with E-state index in [0.717, 1.165) is 38.3 Å². The largest absolute Gasteiger partial charge is 0.490 e. The normalized spacial score (nSPS) is 12.9. The molecule has 2 aromatic carbocycles. The number of nitrogens with zero attached hydrogens (tertiary/aromatic N) is 2. The summed E-state index contributed by atoms with van der Waals surface area (Å²) in [6.07, 6.45) is -9.75. The van der Waals surface area contributed by atoms with Gasteiger partial charge in [-0.25, -0.2) is 0 Å². The predicted molar refractivity (Wildman–Crippen MR) is 120 cm³/mol. The fourth-order valence-electron chi connectivity index (χ4n) is 2.59. The lowest BCUT2D eigenvalue weighted by Crippen LogP contribution is -2.24. The highest BCUT2D eigenvalue weighted by Crippen LogP contribution is 2.26. The summed E-state index contributed by atoms with van der Waals surface area (Å²) < 4.78 is 116. The lowest BCUT2D eigenvalue weighted by Gasteiger charge is -2.12. The second kappa shape index (κ2) is 12.3. The van der Waals surface area contributed by atoms with Crippen molar-refractivity contribution in [1.82, 2.24) is 0 Å². The quantitative estimate of drug-likeness (QED) is 0.140. The zero-order chi connectivity index (χ0) is 27.7. The SMILES string of the molecule is CC#CS(=O)(=O)O/N=C(\c1ccc(OCCOc2ccc(/C(=N\OC)C(F)(F)F)cc2)cc1)C(F)(F)F. The van der Waals surface area contributed by atoms with Crippen LogP contribution in [0.1, 0.15) is 18.1 Å². The van der Waals surface area contributed by atoms with E-state index in [1.54, 1.807) is 5.25 Å². The lowest BCUT2D eigenvalue weighted by molar-refractivity contribution is -0.0613. The summed E-state index contributed by atoms with van der Waals surface area (Å²) in [5, 5.41) is 7.27. The second-order valence-corrected chi connectivity index (χ2v) is 7.95. The minimum atomic E-state index is -5.03. The summed E-state index contributed by atoms with van der Waals surface area (Å²) >= 11 is 0. The molecule has 8 nitrogen and oxygen atoms in total. The van der Waals surface area contributed by atoms with Gasteiger partial charge in [-0.1, -0.05) is 16.2 Å². The van der Waals surface area contributed by atoms with E-state index >= 15 is 0 Å². The second-order valence-electron chi connectivity index (χ2n) is 6.68. The molecule has 0 amide bonds. The van der Waals surface area contributed by atoms with E-state index in [1.807, 2.05) is 5.92 Å². The Bertz CT molecular complexity index is 1280. The molecule has 0 spiro atoms. The zero-order valence-corrected chi connectivity index (χ0v) is 19.9. The number of rotatable bonds is 10. The van der Waals surface area contributed by atoms with Crippen molar-refractivity contribution in [3.05, 3.63) is 59.7 Å². The third-order valence-corrected chi connectivity index (χ3v) is 4.77. The maximum Gasteiger partial charge on any atom is 0.437 e. The molecular weight excluding hydrogens is 534 g/mol. The maximum atomic E-state index is 13.3. The van der Waals surface area contributed by atoms with Gasteiger partial charge < -0.3 is 14.3 Å². The zero-order valence-electron chi connectivity index (χ0n) is 19.1. The van der Waals surface area contributed by atoms with Crippen LogP contribution >= 0.6 is 0 Å². The molecule has 15 heteroatoms. The van der Waals surface area contributed by atoms with E-state index in [1.165, 1.54) is 24.3 Å². The first-order valence-electron chi connectivity index (χ1n) is 9.94. The van der Waals surface area contributed by atoms with Crippen LogP contribution in [0.5, 0.6) is 11.5 Å². The third-order valence-electron chi connectivity index (χ3n) is 4.05. The summed E-state index contributed by atoms with van der Waals surface area (Å²) in [4.78, 5) is 4.23. The van der Waals surface area contributed by atoms with Gasteiger partial charge in [0, 0.05) is 11.1 Å². The number of hydrogen-bond acceptors (Lipinski definition) is 8. The van der Waals surface area contributed by atoms with Gasteiger partial charge in [-0.05, 0) is 55.5 Å². The molecule has 0 atom stereocenters. The van der Waals surface area contributed by atoms with E-state index in [0.29, 0.717) is 0 Å². The first-order valence-corrected chi connectivity index (χ1v) is 11.3. The van der Waals surface area contributed by atoms with Crippen LogP contribution in [0.2, 0.25) is 0 Å². The van der Waals surface area contributed by atoms with Gasteiger partial charge in [0.05, 0.1) is 5.25 Å². The molecule has 2 rings (SSSR count). The Labute approximate surface area is 207 Å². The number of oxime groups is 2. The van der Waals surface area contributed by atoms with Crippen molar-refractivity contribution in [2.45, 2.75) is 19.3 Å². The Morgan fingerprint density at radius 3 is 1.54 bits per heavy atom. The standard InChI is InChI=1S/C22H18F6N2O6S/c1-3-14-37(31,32)36-30-20(22(26,27)28)16-6-10-18(11-7-16)35-13-12-34-17-8-4-15(5-9-17)19(29-33-2)21(23,24)25/h4-11H,12-13H2,1-2H3/b29-19+,30-20+. The molecule has 0 unspecified atom stereocenters. The van der Waals surface area contributed by atoms with Crippen LogP contribution in [0.3, 0.4) is 0 Å². The molecule has 37 heavy (non-hydrogen) atoms. The van der Waals surface area contributed by atoms with Crippen molar-refractivity contribution in [1.29, 1.82) is 0 Å². The summed E-state index contributed by atoms with van der Waals surface area (Å²) in [7, 11) is -3.61. The number of ether oxygens (including phenoxy) is 2. The number of hydrogen-bond donors (Lipinski definition) is 0. The summed E-state index contributed by atoms with van der Waals surface area (Å²) in [6.45, 7) is 1.05. The molecule has 200 valence electrons. The average molecular weight is 552 g/mol. The van der Waals surface area contributed by atoms with Gasteiger partial charge in [-0.15, -0.1) is 0 Å². The van der Waals surface area contributed by atoms with Crippen LogP contribution in [0.15, 0.2) is 58.8 Å². The van der Waals surface area contributed by atoms with Gasteiger partial charge in [0.1, 0.15) is 31.8 Å². The summed E-state index contributed by atoms with van der Waals surface area (Å²) in [5.74, 6) is 2.36. The van der Waals surface area contributed by atoms with Crippen molar-refractivity contribution < 1.29 is 53.4 Å². The van der Waals surface area contributed by atoms with Gasteiger partial charge in [0.25, 0.3) is 0 Å². The van der Waals surface area contributed by atoms with Crippen LogP contribution in [0.4, 0.5) is 26.3 Å². The van der Waals surface area contributed by atoms with Crippen LogP contribution in [-0.4, -0.2) is 52.5 Å².